The van der Waals surface area contributed by atoms with E-state index in [0.717, 1.165) is 19.4 Å². The maximum absolute atomic E-state index is 12.4. The van der Waals surface area contributed by atoms with Crippen LogP contribution in [-0.2, 0) is 4.74 Å². The molecule has 7 heteroatoms. The maximum Gasteiger partial charge on any atom is 0.319 e. The third-order valence-electron chi connectivity index (χ3n) is 3.85. The molecule has 0 spiro atoms. The number of carbonyl (C=O) groups excluding carboxylic acids is 1. The smallest absolute Gasteiger partial charge is 0.319 e. The molecule has 3 N–H and O–H groups in total. The van der Waals surface area contributed by atoms with Crippen molar-refractivity contribution in [2.24, 2.45) is 0 Å². The van der Waals surface area contributed by atoms with E-state index in [1.165, 1.54) is 6.20 Å². The molecule has 0 bridgehead atoms. The van der Waals surface area contributed by atoms with Crippen LogP contribution >= 0.6 is 0 Å². The van der Waals surface area contributed by atoms with Crippen molar-refractivity contribution in [2.45, 2.75) is 18.9 Å². The van der Waals surface area contributed by atoms with E-state index in [1.807, 2.05) is 0 Å². The topological polar surface area (TPSA) is 92.4 Å². The molecule has 2 heterocycles. The second-order valence-corrected chi connectivity index (χ2v) is 5.41. The molecule has 1 fully saturated rings. The highest BCUT2D eigenvalue weighted by Crippen LogP contribution is 2.17. The molecule has 7 nitrogen and oxygen atoms in total. The van der Waals surface area contributed by atoms with E-state index in [2.05, 4.69) is 15.6 Å². The zero-order valence-corrected chi connectivity index (χ0v) is 12.8. The molecule has 1 aromatic carbocycles. The standard InChI is InChI=1S/C16H19N3O4/c1-22-10-4-5-12-13(7-10)17-9-14(15(12)20)19-16(21)18-8-11-3-2-6-23-11/h4-5,7,9,11H,2-3,6,8H2,1H3,(H,17,20)(H2,18,19,21)/t11-/m0/s1. The van der Waals surface area contributed by atoms with E-state index in [0.29, 0.717) is 23.2 Å². The number of hydrogen-bond acceptors (Lipinski definition) is 4. The van der Waals surface area contributed by atoms with Crippen molar-refractivity contribution in [3.63, 3.8) is 0 Å². The monoisotopic (exact) mass is 317 g/mol. The number of ether oxygens (including phenoxy) is 2. The summed E-state index contributed by atoms with van der Waals surface area (Å²) in [4.78, 5) is 27.3. The first-order valence-electron chi connectivity index (χ1n) is 7.53. The summed E-state index contributed by atoms with van der Waals surface area (Å²) in [5.74, 6) is 0.656. The van der Waals surface area contributed by atoms with Crippen LogP contribution in [-0.4, -0.2) is 37.4 Å². The lowest BCUT2D eigenvalue weighted by atomic mass is 10.2. The van der Waals surface area contributed by atoms with Gasteiger partial charge in [0.1, 0.15) is 11.4 Å². The Balaban J connectivity index is 1.71. The third kappa shape index (κ3) is 3.45. The van der Waals surface area contributed by atoms with Crippen LogP contribution in [0.4, 0.5) is 10.5 Å². The molecular formula is C16H19N3O4. The first-order valence-corrected chi connectivity index (χ1v) is 7.53. The number of rotatable bonds is 4. The number of aromatic nitrogens is 1. The fourth-order valence-electron chi connectivity index (χ4n) is 2.60. The highest BCUT2D eigenvalue weighted by atomic mass is 16.5. The van der Waals surface area contributed by atoms with Gasteiger partial charge in [0.2, 0.25) is 5.43 Å². The van der Waals surface area contributed by atoms with Crippen molar-refractivity contribution in [3.8, 4) is 5.75 Å². The maximum atomic E-state index is 12.4. The molecule has 0 saturated carbocycles. The van der Waals surface area contributed by atoms with Gasteiger partial charge in [-0.1, -0.05) is 0 Å². The molecular weight excluding hydrogens is 298 g/mol. The Morgan fingerprint density at radius 2 is 2.35 bits per heavy atom. The molecule has 2 amide bonds. The Hall–Kier alpha value is -2.54. The molecule has 2 aromatic rings. The fraction of sp³-hybridized carbons (Fsp3) is 0.375. The van der Waals surface area contributed by atoms with Crippen molar-refractivity contribution in [1.82, 2.24) is 10.3 Å². The van der Waals surface area contributed by atoms with Gasteiger partial charge in [-0.2, -0.15) is 0 Å². The van der Waals surface area contributed by atoms with Gasteiger partial charge in [-0.3, -0.25) is 4.79 Å². The summed E-state index contributed by atoms with van der Waals surface area (Å²) in [5, 5.41) is 5.78. The zero-order chi connectivity index (χ0) is 16.2. The normalized spacial score (nSPS) is 17.2. The molecule has 122 valence electrons. The number of pyridine rings is 1. The van der Waals surface area contributed by atoms with Gasteiger partial charge < -0.3 is 25.1 Å². The van der Waals surface area contributed by atoms with Crippen LogP contribution in [0.3, 0.4) is 0 Å². The molecule has 1 aliphatic rings. The number of carbonyl (C=O) groups is 1. The highest BCUT2D eigenvalue weighted by molar-refractivity contribution is 5.92. The van der Waals surface area contributed by atoms with Crippen molar-refractivity contribution in [2.75, 3.05) is 25.6 Å². The first kappa shape index (κ1) is 15.4. The average molecular weight is 317 g/mol. The van der Waals surface area contributed by atoms with Crippen LogP contribution in [0.25, 0.3) is 10.9 Å². The average Bonchev–Trinajstić information content (AvgIpc) is 3.09. The Labute approximate surface area is 133 Å². The lowest BCUT2D eigenvalue weighted by Crippen LogP contribution is -2.36. The first-order chi connectivity index (χ1) is 11.2. The van der Waals surface area contributed by atoms with Crippen LogP contribution in [0.2, 0.25) is 0 Å². The van der Waals surface area contributed by atoms with E-state index in [4.69, 9.17) is 9.47 Å². The number of H-pyrrole nitrogens is 1. The molecule has 3 rings (SSSR count). The van der Waals surface area contributed by atoms with Gasteiger partial charge in [0.25, 0.3) is 0 Å². The fourth-order valence-corrected chi connectivity index (χ4v) is 2.60. The number of urea groups is 1. The number of hydrogen-bond donors (Lipinski definition) is 3. The van der Waals surface area contributed by atoms with Crippen LogP contribution < -0.4 is 20.8 Å². The second kappa shape index (κ2) is 6.70. The van der Waals surface area contributed by atoms with E-state index in [9.17, 15) is 9.59 Å². The minimum Gasteiger partial charge on any atom is -0.497 e. The van der Waals surface area contributed by atoms with Crippen LogP contribution in [0.1, 0.15) is 12.8 Å². The van der Waals surface area contributed by atoms with Gasteiger partial charge in [-0.15, -0.1) is 0 Å². The number of aromatic amines is 1. The number of nitrogens with one attached hydrogen (secondary N) is 3. The highest BCUT2D eigenvalue weighted by Gasteiger charge is 2.16. The third-order valence-corrected chi connectivity index (χ3v) is 3.85. The molecule has 0 aliphatic carbocycles. The van der Waals surface area contributed by atoms with E-state index >= 15 is 0 Å². The van der Waals surface area contributed by atoms with Crippen LogP contribution in [0, 0.1) is 0 Å². The summed E-state index contributed by atoms with van der Waals surface area (Å²) in [5.41, 5.74) is 0.612. The summed E-state index contributed by atoms with van der Waals surface area (Å²) in [6.07, 6.45) is 3.50. The Morgan fingerprint density at radius 1 is 1.48 bits per heavy atom. The number of benzene rings is 1. The molecule has 1 atom stereocenters. The van der Waals surface area contributed by atoms with E-state index < -0.39 is 6.03 Å². The van der Waals surface area contributed by atoms with Crippen molar-refractivity contribution in [3.05, 3.63) is 34.6 Å². The van der Waals surface area contributed by atoms with Crippen molar-refractivity contribution >= 4 is 22.6 Å². The van der Waals surface area contributed by atoms with Gasteiger partial charge in [0.15, 0.2) is 0 Å². The van der Waals surface area contributed by atoms with Gasteiger partial charge >= 0.3 is 6.03 Å². The second-order valence-electron chi connectivity index (χ2n) is 5.41. The SMILES string of the molecule is COc1ccc2c(=O)c(NC(=O)NC[C@@H]3CCCO3)c[nH]c2c1. The van der Waals surface area contributed by atoms with Crippen molar-refractivity contribution in [1.29, 1.82) is 0 Å². The molecule has 1 saturated heterocycles. The van der Waals surface area contributed by atoms with E-state index in [-0.39, 0.29) is 17.2 Å². The number of amides is 2. The largest absolute Gasteiger partial charge is 0.497 e. The molecule has 1 aliphatic heterocycles. The van der Waals surface area contributed by atoms with Crippen LogP contribution in [0.15, 0.2) is 29.2 Å². The summed E-state index contributed by atoms with van der Waals surface area (Å²) < 4.78 is 10.6. The molecule has 0 radical (unpaired) electrons. The molecule has 1 aromatic heterocycles. The predicted molar refractivity (Wildman–Crippen MR) is 87.1 cm³/mol. The lowest BCUT2D eigenvalue weighted by molar-refractivity contribution is 0.112. The van der Waals surface area contributed by atoms with Gasteiger partial charge in [-0.05, 0) is 25.0 Å². The number of methoxy groups -OCH3 is 1. The van der Waals surface area contributed by atoms with E-state index in [1.54, 1.807) is 25.3 Å². The Bertz CT molecular complexity index is 765. The van der Waals surface area contributed by atoms with Gasteiger partial charge in [-0.25, -0.2) is 4.79 Å². The van der Waals surface area contributed by atoms with Crippen molar-refractivity contribution < 1.29 is 14.3 Å². The summed E-state index contributed by atoms with van der Waals surface area (Å²) in [7, 11) is 1.56. The molecule has 23 heavy (non-hydrogen) atoms. The summed E-state index contributed by atoms with van der Waals surface area (Å²) in [6, 6.07) is 4.69. The predicted octanol–water partition coefficient (Wildman–Crippen LogP) is 1.84. The quantitative estimate of drug-likeness (QED) is 0.802. The van der Waals surface area contributed by atoms with Crippen LogP contribution in [0.5, 0.6) is 5.75 Å². The minimum absolute atomic E-state index is 0.0584. The number of anilines is 1. The Morgan fingerprint density at radius 3 is 3.09 bits per heavy atom. The van der Waals surface area contributed by atoms with Gasteiger partial charge in [0.05, 0.1) is 18.7 Å². The zero-order valence-electron chi connectivity index (χ0n) is 12.8. The molecule has 0 unspecified atom stereocenters. The minimum atomic E-state index is -0.418. The summed E-state index contributed by atoms with van der Waals surface area (Å²) >= 11 is 0. The summed E-state index contributed by atoms with van der Waals surface area (Å²) in [6.45, 7) is 1.18. The lowest BCUT2D eigenvalue weighted by Gasteiger charge is -2.12. The van der Waals surface area contributed by atoms with Gasteiger partial charge in [0, 0.05) is 30.8 Å². The number of fused-ring (bicyclic) bond motifs is 1. The Kier molecular flexibility index (Phi) is 4.47.